The average Bonchev–Trinajstić information content (AvgIpc) is 3.03. The van der Waals surface area contributed by atoms with Gasteiger partial charge in [0.25, 0.3) is 0 Å². The molecule has 0 saturated carbocycles. The van der Waals surface area contributed by atoms with Gasteiger partial charge in [-0.25, -0.2) is 4.68 Å². The van der Waals surface area contributed by atoms with Crippen molar-refractivity contribution < 1.29 is 4.79 Å². The summed E-state index contributed by atoms with van der Waals surface area (Å²) in [7, 11) is 0. The zero-order chi connectivity index (χ0) is 17.2. The minimum absolute atomic E-state index is 0.198. The van der Waals surface area contributed by atoms with Crippen LogP contribution in [0.1, 0.15) is 50.6 Å². The van der Waals surface area contributed by atoms with E-state index in [1.54, 1.807) is 18.0 Å². The molecule has 1 aliphatic heterocycles. The van der Waals surface area contributed by atoms with Crippen LogP contribution in [0.25, 0.3) is 0 Å². The molecular weight excluding hydrogens is 334 g/mol. The minimum atomic E-state index is -0.235. The van der Waals surface area contributed by atoms with Gasteiger partial charge in [-0.1, -0.05) is 31.2 Å². The van der Waals surface area contributed by atoms with Crippen LogP contribution in [0, 0.1) is 0 Å². The number of hydrogen-bond acceptors (Lipinski definition) is 6. The van der Waals surface area contributed by atoms with Crippen molar-refractivity contribution in [1.82, 2.24) is 19.7 Å². The van der Waals surface area contributed by atoms with Crippen molar-refractivity contribution in [1.29, 1.82) is 0 Å². The largest absolute Gasteiger partial charge is 0.328 e. The van der Waals surface area contributed by atoms with Gasteiger partial charge in [-0.05, 0) is 30.9 Å². The lowest BCUT2D eigenvalue weighted by Gasteiger charge is -2.31. The molecule has 2 aromatic rings. The number of hydrogen-bond donors (Lipinski definition) is 1. The third-order valence-corrected chi connectivity index (χ3v) is 5.50. The number of aromatic nitrogens is 4. The smallest absolute Gasteiger partial charge is 0.227 e. The summed E-state index contributed by atoms with van der Waals surface area (Å²) in [5.74, 6) is 1.93. The second-order valence-corrected chi connectivity index (χ2v) is 7.41. The van der Waals surface area contributed by atoms with Crippen LogP contribution >= 0.6 is 11.8 Å². The Balaban J connectivity index is 1.75. The summed E-state index contributed by atoms with van der Waals surface area (Å²) < 4.78 is 1.85. The Morgan fingerprint density at radius 2 is 2.32 bits per heavy atom. The molecule has 7 heteroatoms. The van der Waals surface area contributed by atoms with E-state index in [0.717, 1.165) is 59.4 Å². The Labute approximate surface area is 151 Å². The Morgan fingerprint density at radius 1 is 1.40 bits per heavy atom. The first-order valence-electron chi connectivity index (χ1n) is 8.80. The summed E-state index contributed by atoms with van der Waals surface area (Å²) in [6, 6.07) is 3.67. The van der Waals surface area contributed by atoms with Crippen molar-refractivity contribution in [2.24, 2.45) is 0 Å². The van der Waals surface area contributed by atoms with E-state index in [0.29, 0.717) is 6.42 Å². The first kappa shape index (κ1) is 16.3. The third kappa shape index (κ3) is 3.08. The molecule has 1 N–H and O–H groups in total. The standard InChI is InChI=1S/C18H21N5OS/c1-2-3-10-25-18-21-17-20-13-7-4-8-14(24)15(13)16(23(17)22-18)12-6-5-9-19-11-12/h5-6,9,11,16H,2-4,7-8,10H2,1H3,(H,20,21,22). The molecule has 1 unspecified atom stereocenters. The Kier molecular flexibility index (Phi) is 4.57. The summed E-state index contributed by atoms with van der Waals surface area (Å²) in [4.78, 5) is 21.5. The molecule has 0 saturated heterocycles. The zero-order valence-corrected chi connectivity index (χ0v) is 15.1. The SMILES string of the molecule is CCCCSc1nc2n(n1)C(c1cccnc1)C1=C(CCCC1=O)N2. The highest BCUT2D eigenvalue weighted by Crippen LogP contribution is 2.40. The molecule has 1 aliphatic carbocycles. The predicted molar refractivity (Wildman–Crippen MR) is 97.5 cm³/mol. The van der Waals surface area contributed by atoms with Gasteiger partial charge in [-0.2, -0.15) is 4.98 Å². The number of nitrogens with zero attached hydrogens (tertiary/aromatic N) is 4. The quantitative estimate of drug-likeness (QED) is 0.653. The maximum atomic E-state index is 12.7. The number of pyridine rings is 1. The third-order valence-electron chi connectivity index (χ3n) is 4.58. The van der Waals surface area contributed by atoms with Crippen molar-refractivity contribution in [3.63, 3.8) is 0 Å². The van der Waals surface area contributed by atoms with Crippen LogP contribution in [-0.4, -0.2) is 31.3 Å². The molecule has 3 heterocycles. The van der Waals surface area contributed by atoms with Crippen LogP contribution in [0.15, 0.2) is 41.0 Å². The number of carbonyl (C=O) groups is 1. The Morgan fingerprint density at radius 3 is 3.12 bits per heavy atom. The molecule has 2 aliphatic rings. The molecule has 4 rings (SSSR count). The van der Waals surface area contributed by atoms with Gasteiger partial charge in [-0.3, -0.25) is 9.78 Å². The summed E-state index contributed by atoms with van der Waals surface area (Å²) in [6.45, 7) is 2.18. The fourth-order valence-corrected chi connectivity index (χ4v) is 4.26. The van der Waals surface area contributed by atoms with Gasteiger partial charge in [0.1, 0.15) is 6.04 Å². The van der Waals surface area contributed by atoms with Crippen molar-refractivity contribution >= 4 is 23.5 Å². The molecule has 25 heavy (non-hydrogen) atoms. The normalized spacial score (nSPS) is 19.4. The average molecular weight is 355 g/mol. The molecule has 0 spiro atoms. The van der Waals surface area contributed by atoms with Crippen LogP contribution in [-0.2, 0) is 4.79 Å². The number of thioether (sulfide) groups is 1. The number of ketones is 1. The Hall–Kier alpha value is -2.15. The molecule has 0 fully saturated rings. The second kappa shape index (κ2) is 7.00. The van der Waals surface area contributed by atoms with Gasteiger partial charge in [0, 0.05) is 35.8 Å². The maximum Gasteiger partial charge on any atom is 0.227 e. The van der Waals surface area contributed by atoms with Crippen molar-refractivity contribution in [3.8, 4) is 0 Å². The molecule has 1 atom stereocenters. The topological polar surface area (TPSA) is 72.7 Å². The number of Topliss-reactive ketones (excluding diaryl/α,β-unsaturated/α-hetero) is 1. The van der Waals surface area contributed by atoms with E-state index >= 15 is 0 Å². The highest BCUT2D eigenvalue weighted by molar-refractivity contribution is 7.99. The number of rotatable bonds is 5. The lowest BCUT2D eigenvalue weighted by Crippen LogP contribution is -2.31. The molecule has 0 radical (unpaired) electrons. The molecule has 6 nitrogen and oxygen atoms in total. The van der Waals surface area contributed by atoms with Crippen molar-refractivity contribution in [3.05, 3.63) is 41.4 Å². The number of unbranched alkanes of at least 4 members (excludes halogenated alkanes) is 1. The number of nitrogens with one attached hydrogen (secondary N) is 1. The number of anilines is 1. The van der Waals surface area contributed by atoms with Crippen LogP contribution in [0.3, 0.4) is 0 Å². The first-order valence-corrected chi connectivity index (χ1v) is 9.79. The van der Waals surface area contributed by atoms with Gasteiger partial charge in [0.15, 0.2) is 5.78 Å². The number of fused-ring (bicyclic) bond motifs is 1. The maximum absolute atomic E-state index is 12.7. The van der Waals surface area contributed by atoms with Gasteiger partial charge in [0.05, 0.1) is 0 Å². The van der Waals surface area contributed by atoms with E-state index in [-0.39, 0.29) is 11.8 Å². The van der Waals surface area contributed by atoms with E-state index < -0.39 is 0 Å². The second-order valence-electron chi connectivity index (χ2n) is 6.35. The molecule has 130 valence electrons. The van der Waals surface area contributed by atoms with Gasteiger partial charge in [0.2, 0.25) is 11.1 Å². The van der Waals surface area contributed by atoms with Gasteiger partial charge < -0.3 is 5.32 Å². The highest BCUT2D eigenvalue weighted by Gasteiger charge is 2.36. The van der Waals surface area contributed by atoms with Crippen molar-refractivity contribution in [2.75, 3.05) is 11.1 Å². The lowest BCUT2D eigenvalue weighted by molar-refractivity contribution is -0.116. The molecule has 0 bridgehead atoms. The lowest BCUT2D eigenvalue weighted by atomic mass is 9.86. The fraction of sp³-hybridized carbons (Fsp3) is 0.444. The van der Waals surface area contributed by atoms with E-state index in [1.165, 1.54) is 0 Å². The number of allylic oxidation sites excluding steroid dienone is 2. The fourth-order valence-electron chi connectivity index (χ4n) is 3.35. The van der Waals surface area contributed by atoms with E-state index in [1.807, 2.05) is 23.0 Å². The molecule has 0 aromatic carbocycles. The first-order chi connectivity index (χ1) is 12.3. The zero-order valence-electron chi connectivity index (χ0n) is 14.2. The van der Waals surface area contributed by atoms with E-state index in [2.05, 4.69) is 22.2 Å². The van der Waals surface area contributed by atoms with Crippen LogP contribution < -0.4 is 5.32 Å². The Bertz CT molecular complexity index is 814. The summed E-state index contributed by atoms with van der Waals surface area (Å²) in [5.41, 5.74) is 2.79. The predicted octanol–water partition coefficient (Wildman–Crippen LogP) is 3.59. The van der Waals surface area contributed by atoms with Gasteiger partial charge in [-0.15, -0.1) is 5.10 Å². The molecule has 0 amide bonds. The van der Waals surface area contributed by atoms with Gasteiger partial charge >= 0.3 is 0 Å². The minimum Gasteiger partial charge on any atom is -0.328 e. The van der Waals surface area contributed by atoms with Crippen LogP contribution in [0.5, 0.6) is 0 Å². The summed E-state index contributed by atoms with van der Waals surface area (Å²) in [6.07, 6.45) is 8.22. The van der Waals surface area contributed by atoms with Crippen LogP contribution in [0.4, 0.5) is 5.95 Å². The molecule has 2 aromatic heterocycles. The highest BCUT2D eigenvalue weighted by atomic mass is 32.2. The van der Waals surface area contributed by atoms with E-state index in [4.69, 9.17) is 5.10 Å². The summed E-state index contributed by atoms with van der Waals surface area (Å²) >= 11 is 1.67. The number of carbonyl (C=O) groups excluding carboxylic acids is 1. The summed E-state index contributed by atoms with van der Waals surface area (Å²) in [5, 5.41) is 8.81. The molecular formula is C18H21N5OS. The monoisotopic (exact) mass is 355 g/mol. The van der Waals surface area contributed by atoms with Crippen molar-refractivity contribution in [2.45, 2.75) is 50.2 Å². The van der Waals surface area contributed by atoms with E-state index in [9.17, 15) is 4.79 Å². The van der Waals surface area contributed by atoms with Crippen LogP contribution in [0.2, 0.25) is 0 Å².